The van der Waals surface area contributed by atoms with Gasteiger partial charge >= 0.3 is 0 Å². The molecule has 0 heterocycles. The van der Waals surface area contributed by atoms with Crippen LogP contribution in [0, 0.1) is 0 Å². The van der Waals surface area contributed by atoms with Gasteiger partial charge in [-0.1, -0.05) is 17.7 Å². The van der Waals surface area contributed by atoms with Crippen molar-refractivity contribution < 1.29 is 9.59 Å². The van der Waals surface area contributed by atoms with Crippen LogP contribution in [0.3, 0.4) is 0 Å². The molecular formula is C16H22N2O2. The molecule has 20 heavy (non-hydrogen) atoms. The minimum absolute atomic E-state index is 0.0530. The first-order chi connectivity index (χ1) is 9.47. The Morgan fingerprint density at radius 2 is 1.75 bits per heavy atom. The average Bonchev–Trinajstić information content (AvgIpc) is 2.37. The summed E-state index contributed by atoms with van der Waals surface area (Å²) in [5, 5.41) is 5.57. The molecule has 1 aromatic carbocycles. The van der Waals surface area contributed by atoms with Gasteiger partial charge in [0.05, 0.1) is 0 Å². The van der Waals surface area contributed by atoms with Crippen LogP contribution in [0.25, 0.3) is 0 Å². The SMILES string of the molecule is C=C(C)CCNC(=O)CCc1ccc(NC(C)=O)cc1. The molecule has 1 rings (SSSR count). The zero-order valence-electron chi connectivity index (χ0n) is 12.2. The van der Waals surface area contributed by atoms with E-state index in [0.29, 0.717) is 19.4 Å². The molecule has 108 valence electrons. The molecular weight excluding hydrogens is 252 g/mol. The molecule has 0 aliphatic carbocycles. The summed E-state index contributed by atoms with van der Waals surface area (Å²) in [5.41, 5.74) is 2.92. The molecule has 0 radical (unpaired) electrons. The van der Waals surface area contributed by atoms with Gasteiger partial charge in [-0.2, -0.15) is 0 Å². The van der Waals surface area contributed by atoms with Crippen molar-refractivity contribution in [2.75, 3.05) is 11.9 Å². The molecule has 1 aromatic rings. The van der Waals surface area contributed by atoms with E-state index in [2.05, 4.69) is 17.2 Å². The van der Waals surface area contributed by atoms with Gasteiger partial charge in [0.15, 0.2) is 0 Å². The Morgan fingerprint density at radius 3 is 2.30 bits per heavy atom. The van der Waals surface area contributed by atoms with E-state index in [1.807, 2.05) is 31.2 Å². The highest BCUT2D eigenvalue weighted by molar-refractivity contribution is 5.88. The minimum atomic E-state index is -0.0883. The van der Waals surface area contributed by atoms with Crippen LogP contribution in [0.1, 0.15) is 32.3 Å². The summed E-state index contributed by atoms with van der Waals surface area (Å²) < 4.78 is 0. The Kier molecular flexibility index (Phi) is 6.50. The fourth-order valence-electron chi connectivity index (χ4n) is 1.72. The lowest BCUT2D eigenvalue weighted by Gasteiger charge is -2.06. The molecule has 4 nitrogen and oxygen atoms in total. The average molecular weight is 274 g/mol. The fourth-order valence-corrected chi connectivity index (χ4v) is 1.72. The monoisotopic (exact) mass is 274 g/mol. The van der Waals surface area contributed by atoms with E-state index in [9.17, 15) is 9.59 Å². The smallest absolute Gasteiger partial charge is 0.221 e. The predicted octanol–water partition coefficient (Wildman–Crippen LogP) is 2.66. The van der Waals surface area contributed by atoms with Crippen LogP contribution in [0.5, 0.6) is 0 Å². The molecule has 0 spiro atoms. The minimum Gasteiger partial charge on any atom is -0.356 e. The lowest BCUT2D eigenvalue weighted by molar-refractivity contribution is -0.121. The third kappa shape index (κ3) is 6.73. The molecule has 2 N–H and O–H groups in total. The van der Waals surface area contributed by atoms with Crippen LogP contribution in [0.15, 0.2) is 36.4 Å². The summed E-state index contributed by atoms with van der Waals surface area (Å²) in [4.78, 5) is 22.5. The third-order valence-electron chi connectivity index (χ3n) is 2.79. The van der Waals surface area contributed by atoms with Gasteiger partial charge in [-0.25, -0.2) is 0 Å². The number of rotatable bonds is 7. The van der Waals surface area contributed by atoms with Gasteiger partial charge in [-0.15, -0.1) is 6.58 Å². The summed E-state index contributed by atoms with van der Waals surface area (Å²) in [5.74, 6) is -0.0353. The lowest BCUT2D eigenvalue weighted by Crippen LogP contribution is -2.24. The Labute approximate surface area is 120 Å². The maximum Gasteiger partial charge on any atom is 0.221 e. The van der Waals surface area contributed by atoms with Crippen molar-refractivity contribution in [3.05, 3.63) is 42.0 Å². The van der Waals surface area contributed by atoms with Crippen molar-refractivity contribution in [1.29, 1.82) is 0 Å². The summed E-state index contributed by atoms with van der Waals surface area (Å²) in [6.07, 6.45) is 1.98. The van der Waals surface area contributed by atoms with E-state index in [0.717, 1.165) is 23.2 Å². The van der Waals surface area contributed by atoms with Gasteiger partial charge < -0.3 is 10.6 Å². The molecule has 0 aliphatic heterocycles. The predicted molar refractivity (Wildman–Crippen MR) is 81.5 cm³/mol. The highest BCUT2D eigenvalue weighted by Gasteiger charge is 2.02. The Bertz CT molecular complexity index is 478. The van der Waals surface area contributed by atoms with Crippen LogP contribution in [0.2, 0.25) is 0 Å². The maximum absolute atomic E-state index is 11.6. The first kappa shape index (κ1) is 16.0. The number of carbonyl (C=O) groups excluding carboxylic acids is 2. The van der Waals surface area contributed by atoms with E-state index >= 15 is 0 Å². The second-order valence-electron chi connectivity index (χ2n) is 4.94. The summed E-state index contributed by atoms with van der Waals surface area (Å²) >= 11 is 0. The molecule has 0 unspecified atom stereocenters. The van der Waals surface area contributed by atoms with Crippen molar-refractivity contribution in [2.24, 2.45) is 0 Å². The van der Waals surface area contributed by atoms with Gasteiger partial charge in [0, 0.05) is 25.6 Å². The molecule has 0 aliphatic rings. The Hall–Kier alpha value is -2.10. The summed E-state index contributed by atoms with van der Waals surface area (Å²) in [7, 11) is 0. The fraction of sp³-hybridized carbons (Fsp3) is 0.375. The van der Waals surface area contributed by atoms with Crippen LogP contribution in [-0.4, -0.2) is 18.4 Å². The molecule has 0 aromatic heterocycles. The quantitative estimate of drug-likeness (QED) is 0.751. The second kappa shape index (κ2) is 8.15. The molecule has 0 bridgehead atoms. The number of anilines is 1. The first-order valence-electron chi connectivity index (χ1n) is 6.75. The van der Waals surface area contributed by atoms with Gasteiger partial charge in [0.2, 0.25) is 11.8 Å². The lowest BCUT2D eigenvalue weighted by atomic mass is 10.1. The molecule has 0 atom stereocenters. The van der Waals surface area contributed by atoms with E-state index in [1.165, 1.54) is 6.92 Å². The standard InChI is InChI=1S/C16H22N2O2/c1-12(2)10-11-17-16(20)9-6-14-4-7-15(8-5-14)18-13(3)19/h4-5,7-8H,1,6,9-11H2,2-3H3,(H,17,20)(H,18,19). The molecule has 2 amide bonds. The number of benzene rings is 1. The van der Waals surface area contributed by atoms with Gasteiger partial charge in [0.1, 0.15) is 0 Å². The van der Waals surface area contributed by atoms with Gasteiger partial charge in [-0.05, 0) is 37.5 Å². The van der Waals surface area contributed by atoms with E-state index in [4.69, 9.17) is 0 Å². The zero-order chi connectivity index (χ0) is 15.0. The Morgan fingerprint density at radius 1 is 1.10 bits per heavy atom. The van der Waals surface area contributed by atoms with E-state index in [1.54, 1.807) is 0 Å². The van der Waals surface area contributed by atoms with Crippen molar-refractivity contribution in [3.8, 4) is 0 Å². The summed E-state index contributed by atoms with van der Waals surface area (Å²) in [6, 6.07) is 7.53. The van der Waals surface area contributed by atoms with Crippen LogP contribution in [-0.2, 0) is 16.0 Å². The highest BCUT2D eigenvalue weighted by atomic mass is 16.2. The number of carbonyl (C=O) groups is 2. The van der Waals surface area contributed by atoms with Crippen molar-refractivity contribution in [1.82, 2.24) is 5.32 Å². The normalized spacial score (nSPS) is 9.90. The molecule has 0 fully saturated rings. The van der Waals surface area contributed by atoms with Crippen molar-refractivity contribution >= 4 is 17.5 Å². The second-order valence-corrected chi connectivity index (χ2v) is 4.94. The van der Waals surface area contributed by atoms with E-state index < -0.39 is 0 Å². The van der Waals surface area contributed by atoms with Crippen molar-refractivity contribution in [3.63, 3.8) is 0 Å². The molecule has 4 heteroatoms. The number of aryl methyl sites for hydroxylation is 1. The zero-order valence-corrected chi connectivity index (χ0v) is 12.2. The van der Waals surface area contributed by atoms with Crippen LogP contribution >= 0.6 is 0 Å². The van der Waals surface area contributed by atoms with E-state index in [-0.39, 0.29) is 11.8 Å². The van der Waals surface area contributed by atoms with Gasteiger partial charge in [0.25, 0.3) is 0 Å². The number of hydrogen-bond donors (Lipinski definition) is 2. The number of nitrogens with one attached hydrogen (secondary N) is 2. The van der Waals surface area contributed by atoms with Gasteiger partial charge in [-0.3, -0.25) is 9.59 Å². The third-order valence-corrected chi connectivity index (χ3v) is 2.79. The number of amides is 2. The molecule has 0 saturated carbocycles. The number of hydrogen-bond acceptors (Lipinski definition) is 2. The summed E-state index contributed by atoms with van der Waals surface area (Å²) in [6.45, 7) is 7.86. The molecule has 0 saturated heterocycles. The Balaban J connectivity index is 2.32. The van der Waals surface area contributed by atoms with Crippen LogP contribution in [0.4, 0.5) is 5.69 Å². The topological polar surface area (TPSA) is 58.2 Å². The maximum atomic E-state index is 11.6. The highest BCUT2D eigenvalue weighted by Crippen LogP contribution is 2.11. The largest absolute Gasteiger partial charge is 0.356 e. The van der Waals surface area contributed by atoms with Crippen LogP contribution < -0.4 is 10.6 Å². The first-order valence-corrected chi connectivity index (χ1v) is 6.75. The van der Waals surface area contributed by atoms with Crippen molar-refractivity contribution in [2.45, 2.75) is 33.1 Å².